The van der Waals surface area contributed by atoms with Gasteiger partial charge < -0.3 is 5.11 Å². The van der Waals surface area contributed by atoms with E-state index in [2.05, 4.69) is 60.4 Å². The van der Waals surface area contributed by atoms with E-state index >= 15 is 0 Å². The quantitative estimate of drug-likeness (QED) is 0.485. The summed E-state index contributed by atoms with van der Waals surface area (Å²) in [4.78, 5) is 4.57. The molecule has 0 heterocycles. The minimum Gasteiger partial charge on any atom is -0.380 e. The second-order valence-corrected chi connectivity index (χ2v) is 7.67. The summed E-state index contributed by atoms with van der Waals surface area (Å²) in [5.41, 5.74) is 6.13. The van der Waals surface area contributed by atoms with Gasteiger partial charge in [-0.15, -0.1) is 0 Å². The lowest BCUT2D eigenvalue weighted by molar-refractivity contribution is 0.0688. The highest BCUT2D eigenvalue weighted by atomic mass is 16.3. The van der Waals surface area contributed by atoms with Crippen molar-refractivity contribution in [1.29, 1.82) is 0 Å². The number of aliphatic imine (C=N–C) groups is 1. The van der Waals surface area contributed by atoms with E-state index in [0.29, 0.717) is 13.0 Å². The summed E-state index contributed by atoms with van der Waals surface area (Å²) in [7, 11) is 0. The van der Waals surface area contributed by atoms with Gasteiger partial charge in [-0.2, -0.15) is 0 Å². The molecule has 0 spiro atoms. The van der Waals surface area contributed by atoms with Gasteiger partial charge in [0, 0.05) is 12.8 Å². The van der Waals surface area contributed by atoms with Crippen molar-refractivity contribution in [2.24, 2.45) is 4.99 Å². The molecule has 1 unspecified atom stereocenters. The van der Waals surface area contributed by atoms with Crippen molar-refractivity contribution in [3.63, 3.8) is 0 Å². The first-order chi connectivity index (χ1) is 13.7. The van der Waals surface area contributed by atoms with Crippen molar-refractivity contribution in [3.05, 3.63) is 106 Å². The summed E-state index contributed by atoms with van der Waals surface area (Å²) < 4.78 is 0. The van der Waals surface area contributed by atoms with Crippen molar-refractivity contribution < 1.29 is 5.11 Å². The van der Waals surface area contributed by atoms with Gasteiger partial charge in [0.25, 0.3) is 0 Å². The Bertz CT molecular complexity index is 977. The third-order valence-electron chi connectivity index (χ3n) is 5.83. The summed E-state index contributed by atoms with van der Waals surface area (Å²) in [6.45, 7) is 2.86. The molecule has 0 fully saturated rings. The van der Waals surface area contributed by atoms with Gasteiger partial charge in [-0.3, -0.25) is 4.99 Å². The van der Waals surface area contributed by atoms with Gasteiger partial charge in [0.15, 0.2) is 0 Å². The third kappa shape index (κ3) is 3.65. The predicted octanol–water partition coefficient (Wildman–Crippen LogP) is 5.23. The molecule has 2 nitrogen and oxygen atoms in total. The maximum atomic E-state index is 11.9. The highest BCUT2D eigenvalue weighted by Gasteiger charge is 2.36. The highest BCUT2D eigenvalue weighted by Crippen LogP contribution is 2.41. The molecule has 1 atom stereocenters. The molecule has 0 saturated heterocycles. The summed E-state index contributed by atoms with van der Waals surface area (Å²) >= 11 is 0. The van der Waals surface area contributed by atoms with Crippen molar-refractivity contribution in [1.82, 2.24) is 0 Å². The van der Waals surface area contributed by atoms with E-state index in [1.165, 1.54) is 16.7 Å². The first-order valence-corrected chi connectivity index (χ1v) is 10.1. The van der Waals surface area contributed by atoms with E-state index in [-0.39, 0.29) is 0 Å². The topological polar surface area (TPSA) is 32.6 Å². The maximum absolute atomic E-state index is 11.9. The number of benzene rings is 3. The zero-order chi connectivity index (χ0) is 19.4. The zero-order valence-corrected chi connectivity index (χ0v) is 16.4. The summed E-state index contributed by atoms with van der Waals surface area (Å²) in [5, 5.41) is 11.9. The zero-order valence-electron chi connectivity index (χ0n) is 16.4. The average molecular weight is 370 g/mol. The van der Waals surface area contributed by atoms with Crippen LogP contribution in [0.2, 0.25) is 0 Å². The fraction of sp³-hybridized carbons (Fsp3) is 0.269. The number of nitrogens with zero attached hydrogens (tertiary/aromatic N) is 1. The van der Waals surface area contributed by atoms with E-state index in [1.807, 2.05) is 30.5 Å². The van der Waals surface area contributed by atoms with E-state index in [9.17, 15) is 5.11 Å². The number of hydrogen-bond donors (Lipinski definition) is 1. The van der Waals surface area contributed by atoms with Crippen LogP contribution in [-0.2, 0) is 18.4 Å². The van der Waals surface area contributed by atoms with E-state index < -0.39 is 5.60 Å². The minimum absolute atomic E-state index is 0.673. The number of rotatable bonds is 5. The lowest BCUT2D eigenvalue weighted by atomic mass is 9.79. The lowest BCUT2D eigenvalue weighted by Gasteiger charge is -2.31. The number of aliphatic hydroxyl groups is 1. The average Bonchev–Trinajstić information content (AvgIpc) is 2.85. The Kier molecular flexibility index (Phi) is 5.40. The van der Waals surface area contributed by atoms with Crippen molar-refractivity contribution in [2.75, 3.05) is 6.54 Å². The van der Waals surface area contributed by atoms with Gasteiger partial charge in [-0.25, -0.2) is 0 Å². The van der Waals surface area contributed by atoms with Gasteiger partial charge in [0.2, 0.25) is 0 Å². The SMILES string of the molecule is Cc1cccc2c1CCc1ccccc1C2(O)CCCN=Cc1ccccc1. The van der Waals surface area contributed by atoms with Crippen LogP contribution >= 0.6 is 0 Å². The fourth-order valence-electron chi connectivity index (χ4n) is 4.37. The predicted molar refractivity (Wildman–Crippen MR) is 116 cm³/mol. The molecule has 142 valence electrons. The molecule has 0 aliphatic heterocycles. The molecule has 1 aliphatic carbocycles. The van der Waals surface area contributed by atoms with Gasteiger partial charge in [-0.1, -0.05) is 72.8 Å². The van der Waals surface area contributed by atoms with E-state index in [1.54, 1.807) is 0 Å². The molecule has 1 aliphatic rings. The largest absolute Gasteiger partial charge is 0.380 e. The third-order valence-corrected chi connectivity index (χ3v) is 5.83. The van der Waals surface area contributed by atoms with Gasteiger partial charge in [-0.05, 0) is 66.0 Å². The van der Waals surface area contributed by atoms with Crippen LogP contribution in [0, 0.1) is 6.92 Å². The fourth-order valence-corrected chi connectivity index (χ4v) is 4.37. The second-order valence-electron chi connectivity index (χ2n) is 7.67. The van der Waals surface area contributed by atoms with E-state index in [0.717, 1.165) is 36.0 Å². The lowest BCUT2D eigenvalue weighted by Crippen LogP contribution is -2.29. The Balaban J connectivity index is 1.59. The minimum atomic E-state index is -0.948. The van der Waals surface area contributed by atoms with Crippen LogP contribution in [0.3, 0.4) is 0 Å². The van der Waals surface area contributed by atoms with Crippen molar-refractivity contribution in [2.45, 2.75) is 38.2 Å². The van der Waals surface area contributed by atoms with Crippen LogP contribution in [0.15, 0.2) is 77.8 Å². The molecule has 2 heteroatoms. The van der Waals surface area contributed by atoms with Crippen molar-refractivity contribution >= 4 is 6.21 Å². The first kappa shape index (κ1) is 18.6. The molecule has 0 radical (unpaired) electrons. The van der Waals surface area contributed by atoms with Crippen LogP contribution < -0.4 is 0 Å². The monoisotopic (exact) mass is 369 g/mol. The maximum Gasteiger partial charge on any atom is 0.115 e. The van der Waals surface area contributed by atoms with E-state index in [4.69, 9.17) is 0 Å². The molecule has 1 N–H and O–H groups in total. The normalized spacial score (nSPS) is 18.5. The molecule has 0 saturated carbocycles. The van der Waals surface area contributed by atoms with Crippen LogP contribution in [0.1, 0.15) is 46.2 Å². The molecular formula is C26H27NO. The number of fused-ring (bicyclic) bond motifs is 2. The Hall–Kier alpha value is -2.71. The van der Waals surface area contributed by atoms with Gasteiger partial charge >= 0.3 is 0 Å². The Morgan fingerprint density at radius 1 is 0.893 bits per heavy atom. The van der Waals surface area contributed by atoms with Crippen LogP contribution in [-0.4, -0.2) is 17.9 Å². The molecule has 0 bridgehead atoms. The van der Waals surface area contributed by atoms with Gasteiger partial charge in [0.1, 0.15) is 5.60 Å². The second kappa shape index (κ2) is 8.12. The van der Waals surface area contributed by atoms with Crippen LogP contribution in [0.5, 0.6) is 0 Å². The van der Waals surface area contributed by atoms with Gasteiger partial charge in [0.05, 0.1) is 0 Å². The Labute approximate surface area is 167 Å². The first-order valence-electron chi connectivity index (χ1n) is 10.1. The number of hydrogen-bond acceptors (Lipinski definition) is 2. The Morgan fingerprint density at radius 2 is 1.64 bits per heavy atom. The highest BCUT2D eigenvalue weighted by molar-refractivity contribution is 5.79. The van der Waals surface area contributed by atoms with Crippen LogP contribution in [0.25, 0.3) is 0 Å². The number of aryl methyl sites for hydroxylation is 2. The summed E-state index contributed by atoms with van der Waals surface area (Å²) in [5.74, 6) is 0. The smallest absolute Gasteiger partial charge is 0.115 e. The van der Waals surface area contributed by atoms with Crippen molar-refractivity contribution in [3.8, 4) is 0 Å². The molecule has 0 aromatic heterocycles. The molecule has 4 rings (SSSR count). The van der Waals surface area contributed by atoms with Crippen LogP contribution in [0.4, 0.5) is 0 Å². The molecule has 3 aromatic rings. The molecule has 0 amide bonds. The molecular weight excluding hydrogens is 342 g/mol. The Morgan fingerprint density at radius 3 is 2.50 bits per heavy atom. The summed E-state index contributed by atoms with van der Waals surface area (Å²) in [6.07, 6.45) is 5.38. The molecule has 28 heavy (non-hydrogen) atoms. The summed E-state index contributed by atoms with van der Waals surface area (Å²) in [6, 6.07) is 24.9. The standard InChI is InChI=1S/C26H27NO/c1-20-9-7-14-25-23(20)16-15-22-12-5-6-13-24(22)26(25,28)17-8-18-27-19-21-10-3-2-4-11-21/h2-7,9-14,19,28H,8,15-18H2,1H3. The molecule has 3 aromatic carbocycles.